The SMILES string of the molecule is CCc1cc2c(S)c(N)ccc2s1. The molecule has 0 bridgehead atoms. The van der Waals surface area contributed by atoms with Crippen LogP contribution < -0.4 is 5.73 Å². The first-order valence-corrected chi connectivity index (χ1v) is 5.48. The van der Waals surface area contributed by atoms with Crippen molar-refractivity contribution in [1.29, 1.82) is 0 Å². The lowest BCUT2D eigenvalue weighted by Crippen LogP contribution is -1.85. The van der Waals surface area contributed by atoms with E-state index < -0.39 is 0 Å². The molecule has 0 amide bonds. The summed E-state index contributed by atoms with van der Waals surface area (Å²) in [6, 6.07) is 6.16. The normalized spacial score (nSPS) is 10.9. The Kier molecular flexibility index (Phi) is 2.22. The Labute approximate surface area is 87.0 Å². The van der Waals surface area contributed by atoms with Gasteiger partial charge in [0.15, 0.2) is 0 Å². The maximum absolute atomic E-state index is 5.76. The molecular weight excluding hydrogens is 198 g/mol. The molecule has 1 heterocycles. The van der Waals surface area contributed by atoms with Crippen LogP contribution in [-0.4, -0.2) is 0 Å². The summed E-state index contributed by atoms with van der Waals surface area (Å²) in [5.41, 5.74) is 6.53. The fourth-order valence-electron chi connectivity index (χ4n) is 1.34. The van der Waals surface area contributed by atoms with Crippen molar-refractivity contribution in [2.45, 2.75) is 18.2 Å². The van der Waals surface area contributed by atoms with Gasteiger partial charge in [0.1, 0.15) is 0 Å². The molecular formula is C10H11NS2. The Morgan fingerprint density at radius 3 is 2.92 bits per heavy atom. The van der Waals surface area contributed by atoms with Gasteiger partial charge in [-0.15, -0.1) is 24.0 Å². The molecule has 0 atom stereocenters. The highest BCUT2D eigenvalue weighted by atomic mass is 32.1. The van der Waals surface area contributed by atoms with Crippen LogP contribution in [0.4, 0.5) is 5.69 Å². The predicted octanol–water partition coefficient (Wildman–Crippen LogP) is 3.33. The van der Waals surface area contributed by atoms with Crippen molar-refractivity contribution in [1.82, 2.24) is 0 Å². The zero-order valence-electron chi connectivity index (χ0n) is 7.37. The van der Waals surface area contributed by atoms with E-state index in [4.69, 9.17) is 5.73 Å². The van der Waals surface area contributed by atoms with Crippen LogP contribution in [0.1, 0.15) is 11.8 Å². The quantitative estimate of drug-likeness (QED) is 0.547. The van der Waals surface area contributed by atoms with Gasteiger partial charge in [0.05, 0.1) is 0 Å². The number of nitrogen functional groups attached to an aromatic ring is 1. The highest BCUT2D eigenvalue weighted by Gasteiger charge is 2.05. The van der Waals surface area contributed by atoms with Crippen molar-refractivity contribution in [3.63, 3.8) is 0 Å². The second kappa shape index (κ2) is 3.24. The van der Waals surface area contributed by atoms with Crippen LogP contribution in [0.25, 0.3) is 10.1 Å². The van der Waals surface area contributed by atoms with E-state index in [9.17, 15) is 0 Å². The first kappa shape index (κ1) is 8.91. The molecule has 0 aliphatic carbocycles. The van der Waals surface area contributed by atoms with E-state index in [2.05, 4.69) is 31.7 Å². The summed E-state index contributed by atoms with van der Waals surface area (Å²) >= 11 is 6.21. The topological polar surface area (TPSA) is 26.0 Å². The van der Waals surface area contributed by atoms with Gasteiger partial charge < -0.3 is 5.73 Å². The monoisotopic (exact) mass is 209 g/mol. The van der Waals surface area contributed by atoms with Crippen LogP contribution in [0.5, 0.6) is 0 Å². The van der Waals surface area contributed by atoms with Crippen molar-refractivity contribution in [3.05, 3.63) is 23.1 Å². The van der Waals surface area contributed by atoms with Crippen molar-refractivity contribution in [2.75, 3.05) is 5.73 Å². The van der Waals surface area contributed by atoms with Crippen molar-refractivity contribution < 1.29 is 0 Å². The van der Waals surface area contributed by atoms with Gasteiger partial charge in [-0.25, -0.2) is 0 Å². The number of thiol groups is 1. The zero-order valence-corrected chi connectivity index (χ0v) is 9.08. The molecule has 0 fully saturated rings. The number of nitrogens with two attached hydrogens (primary N) is 1. The molecule has 0 aliphatic heterocycles. The first-order chi connectivity index (χ1) is 6.22. The number of fused-ring (bicyclic) bond motifs is 1. The predicted molar refractivity (Wildman–Crippen MR) is 62.9 cm³/mol. The highest BCUT2D eigenvalue weighted by Crippen LogP contribution is 2.33. The van der Waals surface area contributed by atoms with Crippen LogP contribution in [0, 0.1) is 0 Å². The molecule has 0 spiro atoms. The van der Waals surface area contributed by atoms with Crippen LogP contribution in [0.15, 0.2) is 23.1 Å². The molecule has 2 N–H and O–H groups in total. The van der Waals surface area contributed by atoms with Crippen LogP contribution in [-0.2, 0) is 6.42 Å². The number of rotatable bonds is 1. The second-order valence-corrected chi connectivity index (χ2v) is 4.60. The Morgan fingerprint density at radius 2 is 2.23 bits per heavy atom. The molecule has 3 heteroatoms. The molecule has 2 rings (SSSR count). The number of hydrogen-bond acceptors (Lipinski definition) is 3. The Morgan fingerprint density at radius 1 is 1.46 bits per heavy atom. The minimum atomic E-state index is 0.760. The molecule has 0 saturated carbocycles. The standard InChI is InChI=1S/C10H11NS2/c1-2-6-5-7-9(13-6)4-3-8(11)10(7)12/h3-5,12H,2,11H2,1H3. The van der Waals surface area contributed by atoms with Crippen LogP contribution >= 0.6 is 24.0 Å². The summed E-state index contributed by atoms with van der Waals surface area (Å²) < 4.78 is 1.27. The lowest BCUT2D eigenvalue weighted by atomic mass is 10.2. The van der Waals surface area contributed by atoms with Crippen LogP contribution in [0.3, 0.4) is 0 Å². The number of hydrogen-bond donors (Lipinski definition) is 2. The van der Waals surface area contributed by atoms with E-state index in [0.717, 1.165) is 17.0 Å². The van der Waals surface area contributed by atoms with Crippen molar-refractivity contribution in [2.24, 2.45) is 0 Å². The van der Waals surface area contributed by atoms with Gasteiger partial charge in [0, 0.05) is 25.5 Å². The van der Waals surface area contributed by atoms with Crippen LogP contribution in [0.2, 0.25) is 0 Å². The van der Waals surface area contributed by atoms with Gasteiger partial charge in [-0.2, -0.15) is 0 Å². The average molecular weight is 209 g/mol. The molecule has 2 aromatic rings. The number of benzene rings is 1. The van der Waals surface area contributed by atoms with Gasteiger partial charge in [-0.1, -0.05) is 6.92 Å². The third kappa shape index (κ3) is 1.42. The van der Waals surface area contributed by atoms with E-state index in [-0.39, 0.29) is 0 Å². The molecule has 0 saturated heterocycles. The minimum absolute atomic E-state index is 0.760. The molecule has 0 aliphatic rings. The van der Waals surface area contributed by atoms with Gasteiger partial charge in [0.25, 0.3) is 0 Å². The maximum atomic E-state index is 5.76. The lowest BCUT2D eigenvalue weighted by Gasteiger charge is -1.98. The maximum Gasteiger partial charge on any atom is 0.0456 e. The zero-order chi connectivity index (χ0) is 9.42. The fourth-order valence-corrected chi connectivity index (χ4v) is 2.69. The average Bonchev–Trinajstić information content (AvgIpc) is 2.55. The van der Waals surface area contributed by atoms with Crippen molar-refractivity contribution in [3.8, 4) is 0 Å². The van der Waals surface area contributed by atoms with E-state index in [1.807, 2.05) is 17.4 Å². The van der Waals surface area contributed by atoms with E-state index >= 15 is 0 Å². The van der Waals surface area contributed by atoms with E-state index in [0.29, 0.717) is 0 Å². The molecule has 0 radical (unpaired) electrons. The molecule has 1 aromatic carbocycles. The first-order valence-electron chi connectivity index (χ1n) is 4.22. The third-order valence-corrected chi connectivity index (χ3v) is 3.85. The molecule has 1 nitrogen and oxygen atoms in total. The number of anilines is 1. The summed E-state index contributed by atoms with van der Waals surface area (Å²) in [4.78, 5) is 2.30. The second-order valence-electron chi connectivity index (χ2n) is 2.98. The molecule has 0 unspecified atom stereocenters. The smallest absolute Gasteiger partial charge is 0.0456 e. The van der Waals surface area contributed by atoms with E-state index in [1.54, 1.807) is 0 Å². The number of aryl methyl sites for hydroxylation is 1. The van der Waals surface area contributed by atoms with Gasteiger partial charge in [-0.3, -0.25) is 0 Å². The molecule has 68 valence electrons. The highest BCUT2D eigenvalue weighted by molar-refractivity contribution is 7.80. The minimum Gasteiger partial charge on any atom is -0.398 e. The summed E-state index contributed by atoms with van der Waals surface area (Å²) in [5.74, 6) is 0. The Bertz CT molecular complexity index is 445. The Balaban J connectivity index is 2.76. The molecule has 1 aromatic heterocycles. The fraction of sp³-hybridized carbons (Fsp3) is 0.200. The Hall–Kier alpha value is -0.670. The largest absolute Gasteiger partial charge is 0.398 e. The van der Waals surface area contributed by atoms with Crippen molar-refractivity contribution >= 4 is 39.7 Å². The summed E-state index contributed by atoms with van der Waals surface area (Å²) in [6.45, 7) is 2.16. The summed E-state index contributed by atoms with van der Waals surface area (Å²) in [7, 11) is 0. The molecule has 13 heavy (non-hydrogen) atoms. The summed E-state index contributed by atoms with van der Waals surface area (Å²) in [5, 5.41) is 1.19. The van der Waals surface area contributed by atoms with Gasteiger partial charge in [-0.05, 0) is 24.6 Å². The third-order valence-electron chi connectivity index (χ3n) is 2.10. The van der Waals surface area contributed by atoms with Gasteiger partial charge >= 0.3 is 0 Å². The summed E-state index contributed by atoms with van der Waals surface area (Å²) in [6.07, 6.45) is 1.08. The van der Waals surface area contributed by atoms with E-state index in [1.165, 1.54) is 15.0 Å². The van der Waals surface area contributed by atoms with Gasteiger partial charge in [0.2, 0.25) is 0 Å². The number of thiophene rings is 1. The lowest BCUT2D eigenvalue weighted by molar-refractivity contribution is 1.19.